The molecule has 0 aliphatic carbocycles. The zero-order valence-electron chi connectivity index (χ0n) is 22.1. The first-order valence-electron chi connectivity index (χ1n) is 13.3. The Bertz CT molecular complexity index is 1370. The van der Waals surface area contributed by atoms with Crippen LogP contribution in [-0.4, -0.2) is 41.6 Å². The van der Waals surface area contributed by atoms with Crippen LogP contribution in [0.25, 0.3) is 12.2 Å². The van der Waals surface area contributed by atoms with E-state index in [0.29, 0.717) is 5.69 Å². The van der Waals surface area contributed by atoms with Crippen molar-refractivity contribution in [1.29, 1.82) is 0 Å². The number of nitrogens with one attached hydrogen (secondary N) is 2. The molecule has 4 aromatic rings. The number of likely N-dealkylation sites (tertiary alicyclic amines) is 1. The highest BCUT2D eigenvalue weighted by Gasteiger charge is 2.27. The second-order valence-electron chi connectivity index (χ2n) is 10.0. The van der Waals surface area contributed by atoms with Crippen LogP contribution in [0, 0.1) is 12.7 Å². The van der Waals surface area contributed by atoms with Gasteiger partial charge in [0.05, 0.1) is 5.69 Å². The summed E-state index contributed by atoms with van der Waals surface area (Å²) < 4.78 is 13.2. The second kappa shape index (κ2) is 12.5. The fraction of sp³-hybridized carbons (Fsp3) is 0.212. The Kier molecular flexibility index (Phi) is 8.44. The fourth-order valence-electron chi connectivity index (χ4n) is 5.11. The highest BCUT2D eigenvalue weighted by Crippen LogP contribution is 2.27. The van der Waals surface area contributed by atoms with Crippen LogP contribution in [0.3, 0.4) is 0 Å². The molecule has 198 valence electrons. The van der Waals surface area contributed by atoms with Gasteiger partial charge in [-0.15, -0.1) is 0 Å². The lowest BCUT2D eigenvalue weighted by Crippen LogP contribution is -2.40. The van der Waals surface area contributed by atoms with E-state index in [2.05, 4.69) is 81.2 Å². The van der Waals surface area contributed by atoms with E-state index in [4.69, 9.17) is 0 Å². The molecule has 1 aliphatic rings. The van der Waals surface area contributed by atoms with Crippen LogP contribution in [0.1, 0.15) is 40.4 Å². The van der Waals surface area contributed by atoms with Crippen molar-refractivity contribution in [2.45, 2.75) is 25.3 Å². The summed E-state index contributed by atoms with van der Waals surface area (Å²) in [6.45, 7) is 4.54. The van der Waals surface area contributed by atoms with Crippen molar-refractivity contribution in [2.24, 2.45) is 0 Å². The molecule has 1 aliphatic heterocycles. The van der Waals surface area contributed by atoms with Gasteiger partial charge in [0.15, 0.2) is 0 Å². The van der Waals surface area contributed by atoms with Crippen LogP contribution in [0.2, 0.25) is 0 Å². The highest BCUT2D eigenvalue weighted by atomic mass is 19.1. The van der Waals surface area contributed by atoms with Crippen molar-refractivity contribution < 1.29 is 9.18 Å². The maximum atomic E-state index is 13.2. The number of amides is 2. The van der Waals surface area contributed by atoms with Crippen molar-refractivity contribution in [3.05, 3.63) is 131 Å². The molecule has 1 fully saturated rings. The quantitative estimate of drug-likeness (QED) is 0.271. The normalized spacial score (nSPS) is 15.6. The van der Waals surface area contributed by atoms with Gasteiger partial charge < -0.3 is 15.5 Å². The molecule has 1 aromatic heterocycles. The standard InChI is InChI=1S/C33H33FN4O/c1-24-20-31(21-29(35-24)17-14-25-12-15-28(34)16-13-25)37-33(39)36-30-18-19-38(22-30)23-32(26-8-4-2-5-9-26)27-10-6-3-7-11-27/h2-17,20-21,30,32H,18-19,22-23H2,1H3,(H2,35,36,37,39). The molecule has 0 spiro atoms. The number of hydrogen-bond acceptors (Lipinski definition) is 3. The summed E-state index contributed by atoms with van der Waals surface area (Å²) >= 11 is 0. The topological polar surface area (TPSA) is 57.3 Å². The molecule has 5 nitrogen and oxygen atoms in total. The van der Waals surface area contributed by atoms with Crippen LogP contribution in [0.15, 0.2) is 97.1 Å². The summed E-state index contributed by atoms with van der Waals surface area (Å²) in [7, 11) is 0. The summed E-state index contributed by atoms with van der Waals surface area (Å²) in [5.41, 5.74) is 5.67. The van der Waals surface area contributed by atoms with Gasteiger partial charge >= 0.3 is 6.03 Å². The lowest BCUT2D eigenvalue weighted by atomic mass is 9.91. The Morgan fingerprint density at radius 3 is 2.31 bits per heavy atom. The number of aryl methyl sites for hydroxylation is 1. The third-order valence-electron chi connectivity index (χ3n) is 7.00. The predicted molar refractivity (Wildman–Crippen MR) is 156 cm³/mol. The summed E-state index contributed by atoms with van der Waals surface area (Å²) in [6.07, 6.45) is 4.63. The Morgan fingerprint density at radius 2 is 1.64 bits per heavy atom. The highest BCUT2D eigenvalue weighted by molar-refractivity contribution is 5.90. The van der Waals surface area contributed by atoms with E-state index in [0.717, 1.165) is 43.0 Å². The Labute approximate surface area is 229 Å². The molecule has 1 unspecified atom stereocenters. The minimum Gasteiger partial charge on any atom is -0.334 e. The van der Waals surface area contributed by atoms with Gasteiger partial charge in [-0.1, -0.05) is 78.9 Å². The number of halogens is 1. The number of carbonyl (C=O) groups is 1. The third-order valence-corrected chi connectivity index (χ3v) is 7.00. The first kappa shape index (κ1) is 26.3. The Morgan fingerprint density at radius 1 is 0.974 bits per heavy atom. The average Bonchev–Trinajstić information content (AvgIpc) is 3.38. The summed E-state index contributed by atoms with van der Waals surface area (Å²) in [6, 6.07) is 31.0. The Balaban J connectivity index is 1.18. The van der Waals surface area contributed by atoms with Gasteiger partial charge in [-0.3, -0.25) is 4.98 Å². The van der Waals surface area contributed by atoms with Crippen molar-refractivity contribution >= 4 is 23.9 Å². The van der Waals surface area contributed by atoms with Crippen molar-refractivity contribution in [1.82, 2.24) is 15.2 Å². The van der Waals surface area contributed by atoms with Crippen molar-refractivity contribution in [3.8, 4) is 0 Å². The molecule has 1 atom stereocenters. The number of nitrogens with zero attached hydrogens (tertiary/aromatic N) is 2. The van der Waals surface area contributed by atoms with Gasteiger partial charge in [0.25, 0.3) is 0 Å². The molecule has 0 bridgehead atoms. The smallest absolute Gasteiger partial charge is 0.319 e. The largest absolute Gasteiger partial charge is 0.334 e. The number of aromatic nitrogens is 1. The molecule has 1 saturated heterocycles. The Hall–Kier alpha value is -4.29. The number of anilines is 1. The molecule has 2 heterocycles. The van der Waals surface area contributed by atoms with Gasteiger partial charge in [-0.25, -0.2) is 9.18 Å². The molecule has 0 saturated carbocycles. The maximum absolute atomic E-state index is 13.2. The molecule has 6 heteroatoms. The van der Waals surface area contributed by atoms with E-state index in [9.17, 15) is 9.18 Å². The van der Waals surface area contributed by atoms with Gasteiger partial charge in [0, 0.05) is 43.0 Å². The van der Waals surface area contributed by atoms with E-state index in [-0.39, 0.29) is 23.8 Å². The third kappa shape index (κ3) is 7.39. The number of benzene rings is 3. The van der Waals surface area contributed by atoms with Gasteiger partial charge in [0.2, 0.25) is 0 Å². The van der Waals surface area contributed by atoms with E-state index in [1.165, 1.54) is 23.3 Å². The average molecular weight is 521 g/mol. The molecule has 0 radical (unpaired) electrons. The van der Waals surface area contributed by atoms with E-state index in [1.54, 1.807) is 12.1 Å². The monoisotopic (exact) mass is 520 g/mol. The fourth-order valence-corrected chi connectivity index (χ4v) is 5.11. The predicted octanol–water partition coefficient (Wildman–Crippen LogP) is 6.73. The van der Waals surface area contributed by atoms with Gasteiger partial charge in [-0.2, -0.15) is 0 Å². The lowest BCUT2D eigenvalue weighted by molar-refractivity contribution is 0.247. The molecule has 3 aromatic carbocycles. The minimum absolute atomic E-state index is 0.0815. The van der Waals surface area contributed by atoms with Crippen LogP contribution in [0.4, 0.5) is 14.9 Å². The maximum Gasteiger partial charge on any atom is 0.319 e. The number of urea groups is 1. The van der Waals surface area contributed by atoms with Crippen LogP contribution in [0.5, 0.6) is 0 Å². The van der Waals surface area contributed by atoms with Crippen molar-refractivity contribution in [2.75, 3.05) is 25.0 Å². The molecular weight excluding hydrogens is 487 g/mol. The molecule has 2 amide bonds. The lowest BCUT2D eigenvalue weighted by Gasteiger charge is -2.25. The van der Waals surface area contributed by atoms with Crippen LogP contribution < -0.4 is 10.6 Å². The second-order valence-corrected chi connectivity index (χ2v) is 10.0. The summed E-state index contributed by atoms with van der Waals surface area (Å²) in [5.74, 6) is 0.0112. The van der Waals surface area contributed by atoms with Crippen molar-refractivity contribution in [3.63, 3.8) is 0 Å². The van der Waals surface area contributed by atoms with Gasteiger partial charge in [-0.05, 0) is 60.4 Å². The zero-order valence-corrected chi connectivity index (χ0v) is 22.1. The first-order chi connectivity index (χ1) is 19.0. The summed E-state index contributed by atoms with van der Waals surface area (Å²) in [5, 5.41) is 6.12. The number of rotatable bonds is 8. The van der Waals surface area contributed by atoms with E-state index >= 15 is 0 Å². The molecular formula is C33H33FN4O. The zero-order chi connectivity index (χ0) is 27.0. The number of carbonyl (C=O) groups excluding carboxylic acids is 1. The number of pyridine rings is 1. The minimum atomic E-state index is -0.268. The number of hydrogen-bond donors (Lipinski definition) is 2. The van der Waals surface area contributed by atoms with Gasteiger partial charge in [0.1, 0.15) is 5.82 Å². The molecule has 2 N–H and O–H groups in total. The van der Waals surface area contributed by atoms with Crippen LogP contribution >= 0.6 is 0 Å². The SMILES string of the molecule is Cc1cc(NC(=O)NC2CCN(CC(c3ccccc3)c3ccccc3)C2)cc(C=Cc2ccc(F)cc2)n1. The summed E-state index contributed by atoms with van der Waals surface area (Å²) in [4.78, 5) is 19.8. The van der Waals surface area contributed by atoms with E-state index in [1.807, 2.05) is 31.2 Å². The van der Waals surface area contributed by atoms with E-state index < -0.39 is 0 Å². The first-order valence-corrected chi connectivity index (χ1v) is 13.3. The molecule has 5 rings (SSSR count). The molecule has 39 heavy (non-hydrogen) atoms. The van der Waals surface area contributed by atoms with Crippen LogP contribution in [-0.2, 0) is 0 Å².